The second-order valence-corrected chi connectivity index (χ2v) is 6.31. The van der Waals surface area contributed by atoms with Crippen LogP contribution in [-0.4, -0.2) is 0 Å². The van der Waals surface area contributed by atoms with Crippen molar-refractivity contribution < 1.29 is 19.2 Å². The zero-order valence-electron chi connectivity index (χ0n) is 10.4. The fraction of sp³-hybridized carbons (Fsp3) is 0.692. The molecule has 0 aromatic carbocycles. The fourth-order valence-electron chi connectivity index (χ4n) is 1.80. The summed E-state index contributed by atoms with van der Waals surface area (Å²) in [6.45, 7) is 4.65. The Labute approximate surface area is 122 Å². The average molecular weight is 299 g/mol. The van der Waals surface area contributed by atoms with Gasteiger partial charge in [-0.1, -0.05) is 0 Å². The van der Waals surface area contributed by atoms with E-state index in [0.717, 1.165) is 5.92 Å². The van der Waals surface area contributed by atoms with Crippen molar-refractivity contribution in [3.8, 4) is 0 Å². The molecule has 16 heavy (non-hydrogen) atoms. The molecule has 1 atom stereocenters. The number of allylic oxidation sites excluding steroid dienone is 4. The molecule has 0 radical (unpaired) electrons. The van der Waals surface area contributed by atoms with Crippen LogP contribution in [-0.2, 0) is 19.2 Å². The van der Waals surface area contributed by atoms with E-state index in [9.17, 15) is 0 Å². The van der Waals surface area contributed by atoms with Gasteiger partial charge in [0, 0.05) is 0 Å². The predicted molar refractivity (Wildman–Crippen MR) is 74.4 cm³/mol. The van der Waals surface area contributed by atoms with Gasteiger partial charge in [-0.2, -0.15) is 0 Å². The maximum Gasteiger partial charge on any atom is -0.147 e. The Hall–Kier alpha value is 0.774. The molecule has 1 aliphatic rings. The molecule has 94 valence electrons. The summed E-state index contributed by atoms with van der Waals surface area (Å²) in [5, 5.41) is 0. The van der Waals surface area contributed by atoms with Crippen molar-refractivity contribution in [2.75, 3.05) is 0 Å². The Morgan fingerprint density at radius 2 is 2.06 bits per heavy atom. The van der Waals surface area contributed by atoms with E-state index >= 15 is 0 Å². The van der Waals surface area contributed by atoms with Crippen molar-refractivity contribution >= 4 is 24.8 Å². The van der Waals surface area contributed by atoms with E-state index in [0.29, 0.717) is 0 Å². The minimum absolute atomic E-state index is 0. The Balaban J connectivity index is 0. The second-order valence-electron chi connectivity index (χ2n) is 4.12. The smallest absolute Gasteiger partial charge is 0.147 e. The molecule has 1 unspecified atom stereocenters. The third-order valence-electron chi connectivity index (χ3n) is 2.93. The van der Waals surface area contributed by atoms with Crippen LogP contribution in [0.4, 0.5) is 0 Å². The molecule has 0 bridgehead atoms. The summed E-state index contributed by atoms with van der Waals surface area (Å²) in [7, 11) is 0. The number of halogens is 2. The Kier molecular flexibility index (Phi) is 14.6. The largest absolute Gasteiger partial charge is 0.147 e. The van der Waals surface area contributed by atoms with Crippen LogP contribution in [0.5, 0.6) is 0 Å². The van der Waals surface area contributed by atoms with Crippen molar-refractivity contribution in [3.63, 3.8) is 0 Å². The van der Waals surface area contributed by atoms with E-state index < -0.39 is 0 Å². The van der Waals surface area contributed by atoms with Crippen molar-refractivity contribution in [2.45, 2.75) is 50.7 Å². The Bertz CT molecular complexity index is 212. The molecule has 0 N–H and O–H groups in total. The molecule has 0 spiro atoms. The van der Waals surface area contributed by atoms with Gasteiger partial charge in [-0.15, -0.1) is 24.8 Å². The molecule has 0 aromatic rings. The van der Waals surface area contributed by atoms with E-state index in [1.54, 1.807) is 3.88 Å². The molecule has 0 fully saturated rings. The van der Waals surface area contributed by atoms with Crippen molar-refractivity contribution in [2.24, 2.45) is 5.92 Å². The van der Waals surface area contributed by atoms with Gasteiger partial charge < -0.3 is 0 Å². The summed E-state index contributed by atoms with van der Waals surface area (Å²) in [6, 6.07) is 0. The normalized spacial score (nSPS) is 14.8. The van der Waals surface area contributed by atoms with Gasteiger partial charge in [-0.05, 0) is 0 Å². The van der Waals surface area contributed by atoms with Crippen molar-refractivity contribution in [1.82, 2.24) is 0 Å². The Morgan fingerprint density at radius 3 is 2.56 bits per heavy atom. The summed E-state index contributed by atoms with van der Waals surface area (Å²) in [4.78, 5) is 0. The first-order chi connectivity index (χ1) is 6.86. The van der Waals surface area contributed by atoms with Gasteiger partial charge >= 0.3 is 97.9 Å². The van der Waals surface area contributed by atoms with Crippen LogP contribution in [0, 0.1) is 5.92 Å². The average Bonchev–Trinajstić information content (AvgIpc) is 2.71. The molecular weight excluding hydrogens is 275 g/mol. The number of hydrogen-bond donors (Lipinski definition) is 0. The van der Waals surface area contributed by atoms with Gasteiger partial charge in [0.05, 0.1) is 0 Å². The summed E-state index contributed by atoms with van der Waals surface area (Å²) in [6.07, 6.45) is 13.8. The second kappa shape index (κ2) is 12.2. The topological polar surface area (TPSA) is 0 Å². The first-order valence-corrected chi connectivity index (χ1v) is 7.84. The first-order valence-electron chi connectivity index (χ1n) is 5.96. The molecule has 0 aliphatic heterocycles. The molecule has 0 amide bonds. The van der Waals surface area contributed by atoms with E-state index in [-0.39, 0.29) is 44.0 Å². The summed E-state index contributed by atoms with van der Waals surface area (Å²) >= 11 is 0.223. The third-order valence-corrected chi connectivity index (χ3v) is 5.44. The molecule has 3 heteroatoms. The minimum atomic E-state index is 0. The molecular formula is C13H24Cl2Ti. The van der Waals surface area contributed by atoms with Crippen molar-refractivity contribution in [3.05, 3.63) is 22.1 Å². The van der Waals surface area contributed by atoms with E-state index in [1.165, 1.54) is 36.8 Å². The maximum atomic E-state index is 2.35. The zero-order valence-corrected chi connectivity index (χ0v) is 13.6. The first kappa shape index (κ1) is 19.1. The standard InChI is InChI=1S/C8H17.C5H5.2ClH.Ti/c1-4-6-7-8(3)5-2;1-2-4-5-3-1;;;/h8H,3-7H2,1-2H3;1-3H,4H2;2*1H;. The summed E-state index contributed by atoms with van der Waals surface area (Å²) in [5.41, 5.74) is 0. The summed E-state index contributed by atoms with van der Waals surface area (Å²) < 4.78 is 3.30. The van der Waals surface area contributed by atoms with Gasteiger partial charge in [0.15, 0.2) is 0 Å². The fourth-order valence-corrected chi connectivity index (χ4v) is 4.17. The van der Waals surface area contributed by atoms with E-state index in [2.05, 4.69) is 32.1 Å². The maximum absolute atomic E-state index is 2.35. The number of unbranched alkanes of at least 4 members (excludes halogenated alkanes) is 1. The minimum Gasteiger partial charge on any atom is -0.147 e. The van der Waals surface area contributed by atoms with Crippen LogP contribution in [0.25, 0.3) is 0 Å². The number of rotatable bonds is 7. The van der Waals surface area contributed by atoms with Gasteiger partial charge in [0.25, 0.3) is 0 Å². The van der Waals surface area contributed by atoms with Crippen LogP contribution in [0.15, 0.2) is 22.1 Å². The monoisotopic (exact) mass is 298 g/mol. The van der Waals surface area contributed by atoms with E-state index in [4.69, 9.17) is 0 Å². The SMILES string of the molecule is CCCCC(CC)[CH2][Ti][C]1=CC=CC1.Cl.Cl. The molecule has 0 saturated carbocycles. The van der Waals surface area contributed by atoms with Crippen LogP contribution >= 0.6 is 24.8 Å². The molecule has 0 nitrogen and oxygen atoms in total. The predicted octanol–water partition coefficient (Wildman–Crippen LogP) is 5.39. The van der Waals surface area contributed by atoms with Gasteiger partial charge in [-0.3, -0.25) is 0 Å². The molecule has 0 heterocycles. The van der Waals surface area contributed by atoms with Crippen LogP contribution in [0.2, 0.25) is 4.73 Å². The van der Waals surface area contributed by atoms with Crippen LogP contribution in [0.3, 0.4) is 0 Å². The third kappa shape index (κ3) is 7.95. The van der Waals surface area contributed by atoms with Gasteiger partial charge in [-0.25, -0.2) is 0 Å². The van der Waals surface area contributed by atoms with E-state index in [1.807, 2.05) is 0 Å². The summed E-state index contributed by atoms with van der Waals surface area (Å²) in [5.74, 6) is 1.02. The quantitative estimate of drug-likeness (QED) is 0.553. The van der Waals surface area contributed by atoms with Gasteiger partial charge in [0.2, 0.25) is 0 Å². The molecule has 1 rings (SSSR count). The van der Waals surface area contributed by atoms with Crippen LogP contribution < -0.4 is 0 Å². The van der Waals surface area contributed by atoms with Gasteiger partial charge in [0.1, 0.15) is 0 Å². The number of hydrogen-bond acceptors (Lipinski definition) is 0. The Morgan fingerprint density at radius 1 is 1.31 bits per heavy atom. The zero-order chi connectivity index (χ0) is 10.2. The molecule has 1 aliphatic carbocycles. The molecule has 0 aromatic heterocycles. The molecule has 0 saturated heterocycles. The van der Waals surface area contributed by atoms with Crippen LogP contribution in [0.1, 0.15) is 46.0 Å². The van der Waals surface area contributed by atoms with Crippen molar-refractivity contribution in [1.29, 1.82) is 0 Å².